The second kappa shape index (κ2) is 7.65. The van der Waals surface area contributed by atoms with Crippen molar-refractivity contribution in [3.63, 3.8) is 0 Å². The van der Waals surface area contributed by atoms with E-state index in [4.69, 9.17) is 0 Å². The van der Waals surface area contributed by atoms with Gasteiger partial charge in [-0.3, -0.25) is 0 Å². The first kappa shape index (κ1) is 18.9. The molecule has 6 heteroatoms. The Morgan fingerprint density at radius 2 is 2.07 bits per heavy atom. The Labute approximate surface area is 183 Å². The summed E-state index contributed by atoms with van der Waals surface area (Å²) in [7, 11) is 0. The summed E-state index contributed by atoms with van der Waals surface area (Å²) in [6.07, 6.45) is 7.87. The molecule has 2 aromatic heterocycles. The minimum Gasteiger partial charge on any atom is -0.312 e. The lowest BCUT2D eigenvalue weighted by molar-refractivity contribution is 0.181. The number of carbonyl (C=O) groups excluding carboxylic acids is 1. The summed E-state index contributed by atoms with van der Waals surface area (Å²) in [5.74, 6) is 0. The van der Waals surface area contributed by atoms with Gasteiger partial charge in [0.15, 0.2) is 0 Å². The van der Waals surface area contributed by atoms with E-state index in [1.54, 1.807) is 0 Å². The molecule has 3 aromatic rings. The number of fused-ring (bicyclic) bond motifs is 5. The molecule has 0 spiro atoms. The molecule has 5 rings (SSSR count). The highest BCUT2D eigenvalue weighted by molar-refractivity contribution is 9.10. The van der Waals surface area contributed by atoms with Crippen LogP contribution in [0.5, 0.6) is 0 Å². The van der Waals surface area contributed by atoms with E-state index >= 15 is 0 Å². The van der Waals surface area contributed by atoms with Gasteiger partial charge in [-0.25, -0.2) is 4.79 Å². The van der Waals surface area contributed by atoms with Crippen molar-refractivity contribution in [2.75, 3.05) is 5.32 Å². The molecule has 1 aliphatic carbocycles. The third-order valence-electron chi connectivity index (χ3n) is 6.03. The molecular weight excluding hydrogens is 446 g/mol. The Balaban J connectivity index is 1.57. The van der Waals surface area contributed by atoms with Gasteiger partial charge in [0.25, 0.3) is 0 Å². The Kier molecular flexibility index (Phi) is 5.00. The number of carbonyl (C=O) groups is 1. The van der Waals surface area contributed by atoms with Crippen molar-refractivity contribution in [3.8, 4) is 5.00 Å². The Morgan fingerprint density at radius 1 is 1.21 bits per heavy atom. The predicted molar refractivity (Wildman–Crippen MR) is 122 cm³/mol. The van der Waals surface area contributed by atoms with Crippen LogP contribution < -0.4 is 5.32 Å². The third kappa shape index (κ3) is 3.32. The van der Waals surface area contributed by atoms with Crippen molar-refractivity contribution in [3.05, 3.63) is 68.8 Å². The van der Waals surface area contributed by atoms with E-state index in [2.05, 4.69) is 51.1 Å². The van der Waals surface area contributed by atoms with Crippen LogP contribution in [0.15, 0.2) is 47.1 Å². The monoisotopic (exact) mass is 469 g/mol. The van der Waals surface area contributed by atoms with Crippen LogP contribution in [0.25, 0.3) is 5.00 Å². The molecule has 4 nitrogen and oxygen atoms in total. The number of nitrogens with zero attached hydrogens (tertiary/aromatic N) is 2. The van der Waals surface area contributed by atoms with Crippen LogP contribution in [0.1, 0.15) is 53.9 Å². The Hall–Kier alpha value is -2.05. The first-order valence-corrected chi connectivity index (χ1v) is 11.9. The average molecular weight is 470 g/mol. The standard InChI is InChI=1S/C23H24BrN3OS/c1-2-19-20-10-6-12-26(20)22-18(17-9-3-4-11-21(17)29-22)14-27(19)23(28)25-16-8-5-7-15(24)13-16/h5-8,10,12-13,19H,2-4,9,11,14H2,1H3,(H,25,28). The number of aryl methyl sites for hydroxylation is 1. The molecule has 0 radical (unpaired) electrons. The highest BCUT2D eigenvalue weighted by Gasteiger charge is 2.34. The van der Waals surface area contributed by atoms with Gasteiger partial charge in [-0.15, -0.1) is 11.3 Å². The van der Waals surface area contributed by atoms with Crippen LogP contribution in [0.4, 0.5) is 10.5 Å². The van der Waals surface area contributed by atoms with Crippen LogP contribution >= 0.6 is 27.3 Å². The van der Waals surface area contributed by atoms with Gasteiger partial charge in [-0.2, -0.15) is 0 Å². The van der Waals surface area contributed by atoms with Crippen molar-refractivity contribution >= 4 is 39.0 Å². The molecule has 0 bridgehead atoms. The topological polar surface area (TPSA) is 37.3 Å². The van der Waals surface area contributed by atoms with Crippen LogP contribution in [0.2, 0.25) is 0 Å². The first-order chi connectivity index (χ1) is 14.2. The minimum absolute atomic E-state index is 0.0358. The van der Waals surface area contributed by atoms with Crippen molar-refractivity contribution in [1.29, 1.82) is 0 Å². The van der Waals surface area contributed by atoms with E-state index in [1.807, 2.05) is 40.5 Å². The largest absolute Gasteiger partial charge is 0.322 e. The molecule has 2 amide bonds. The lowest BCUT2D eigenvalue weighted by Crippen LogP contribution is -2.37. The molecule has 1 unspecified atom stereocenters. The van der Waals surface area contributed by atoms with Crippen LogP contribution in [-0.4, -0.2) is 15.5 Å². The quantitative estimate of drug-likeness (QED) is 0.446. The van der Waals surface area contributed by atoms with Gasteiger partial charge in [-0.05, 0) is 68.0 Å². The molecule has 1 aliphatic heterocycles. The number of nitrogens with one attached hydrogen (secondary N) is 1. The summed E-state index contributed by atoms with van der Waals surface area (Å²) in [6, 6.07) is 12.1. The molecule has 1 atom stereocenters. The summed E-state index contributed by atoms with van der Waals surface area (Å²) >= 11 is 5.42. The number of halogens is 1. The van der Waals surface area contributed by atoms with Crippen molar-refractivity contribution in [2.45, 2.75) is 51.6 Å². The molecule has 0 fully saturated rings. The maximum Gasteiger partial charge on any atom is 0.322 e. The molecule has 0 saturated carbocycles. The number of aromatic nitrogens is 1. The first-order valence-electron chi connectivity index (χ1n) is 10.3. The van der Waals surface area contributed by atoms with Gasteiger partial charge in [0.2, 0.25) is 0 Å². The summed E-state index contributed by atoms with van der Waals surface area (Å²) < 4.78 is 3.29. The zero-order valence-electron chi connectivity index (χ0n) is 16.5. The second-order valence-electron chi connectivity index (χ2n) is 7.79. The zero-order valence-corrected chi connectivity index (χ0v) is 18.9. The van der Waals surface area contributed by atoms with Gasteiger partial charge >= 0.3 is 6.03 Å². The van der Waals surface area contributed by atoms with E-state index < -0.39 is 0 Å². The lowest BCUT2D eigenvalue weighted by Gasteiger charge is -2.30. The third-order valence-corrected chi connectivity index (χ3v) is 7.85. The molecule has 29 heavy (non-hydrogen) atoms. The number of hydrogen-bond donors (Lipinski definition) is 1. The van der Waals surface area contributed by atoms with E-state index in [9.17, 15) is 4.79 Å². The normalized spacial score (nSPS) is 17.9. The smallest absolute Gasteiger partial charge is 0.312 e. The fourth-order valence-electron chi connectivity index (χ4n) is 4.67. The molecule has 2 aliphatic rings. The fourth-order valence-corrected chi connectivity index (χ4v) is 6.47. The number of thiophene rings is 1. The van der Waals surface area contributed by atoms with Crippen LogP contribution in [0, 0.1) is 0 Å². The fraction of sp³-hybridized carbons (Fsp3) is 0.348. The van der Waals surface area contributed by atoms with Gasteiger partial charge in [0, 0.05) is 32.5 Å². The minimum atomic E-state index is -0.0358. The van der Waals surface area contributed by atoms with Crippen molar-refractivity contribution < 1.29 is 4.79 Å². The molecule has 1 N–H and O–H groups in total. The highest BCUT2D eigenvalue weighted by Crippen LogP contribution is 2.43. The summed E-state index contributed by atoms with van der Waals surface area (Å²) in [5, 5.41) is 4.43. The summed E-state index contributed by atoms with van der Waals surface area (Å²) in [4.78, 5) is 17.0. The molecule has 0 saturated heterocycles. The number of rotatable bonds is 2. The van der Waals surface area contributed by atoms with E-state index in [0.29, 0.717) is 6.54 Å². The number of urea groups is 1. The summed E-state index contributed by atoms with van der Waals surface area (Å²) in [5.41, 5.74) is 4.86. The van der Waals surface area contributed by atoms with Gasteiger partial charge in [-0.1, -0.05) is 28.9 Å². The Bertz CT molecular complexity index is 1070. The SMILES string of the molecule is CCC1c2cccn2-c2sc3c(c2CN1C(=O)Nc1cccc(Br)c1)CCCC3. The average Bonchev–Trinajstić information content (AvgIpc) is 3.30. The lowest BCUT2D eigenvalue weighted by atomic mass is 9.95. The zero-order chi connectivity index (χ0) is 20.0. The second-order valence-corrected chi connectivity index (χ2v) is 9.79. The number of anilines is 1. The molecule has 150 valence electrons. The molecular formula is C23H24BrN3OS. The maximum atomic E-state index is 13.4. The van der Waals surface area contributed by atoms with E-state index in [0.717, 1.165) is 23.0 Å². The Morgan fingerprint density at radius 3 is 2.90 bits per heavy atom. The summed E-state index contributed by atoms with van der Waals surface area (Å²) in [6.45, 7) is 2.83. The van der Waals surface area contributed by atoms with Gasteiger partial charge < -0.3 is 14.8 Å². The van der Waals surface area contributed by atoms with Crippen molar-refractivity contribution in [1.82, 2.24) is 9.47 Å². The van der Waals surface area contributed by atoms with E-state index in [1.165, 1.54) is 46.0 Å². The van der Waals surface area contributed by atoms with Crippen LogP contribution in [0.3, 0.4) is 0 Å². The number of hydrogen-bond acceptors (Lipinski definition) is 2. The van der Waals surface area contributed by atoms with Gasteiger partial charge in [0.05, 0.1) is 12.6 Å². The van der Waals surface area contributed by atoms with E-state index in [-0.39, 0.29) is 12.1 Å². The van der Waals surface area contributed by atoms with Crippen LogP contribution in [-0.2, 0) is 19.4 Å². The predicted octanol–water partition coefficient (Wildman–Crippen LogP) is 6.68. The molecule has 1 aromatic carbocycles. The maximum absolute atomic E-state index is 13.4. The molecule has 3 heterocycles. The van der Waals surface area contributed by atoms with Crippen molar-refractivity contribution in [2.24, 2.45) is 0 Å². The number of amides is 2. The highest BCUT2D eigenvalue weighted by atomic mass is 79.9. The number of benzene rings is 1. The van der Waals surface area contributed by atoms with Gasteiger partial charge in [0.1, 0.15) is 5.00 Å².